The Labute approximate surface area is 157 Å². The molecule has 0 atom stereocenters. The molecule has 3 rings (SSSR count). The van der Waals surface area contributed by atoms with Gasteiger partial charge in [-0.2, -0.15) is 4.68 Å². The van der Waals surface area contributed by atoms with E-state index < -0.39 is 5.97 Å². The average Bonchev–Trinajstić information content (AvgIpc) is 3.09. The molecule has 10 heteroatoms. The van der Waals surface area contributed by atoms with Crippen LogP contribution in [-0.2, 0) is 4.79 Å². The molecule has 26 heavy (non-hydrogen) atoms. The molecule has 1 heterocycles. The summed E-state index contributed by atoms with van der Waals surface area (Å²) in [7, 11) is 0. The fourth-order valence-electron chi connectivity index (χ4n) is 2.04. The smallest absolute Gasteiger partial charge is 0.335 e. The van der Waals surface area contributed by atoms with Crippen molar-refractivity contribution in [2.45, 2.75) is 5.16 Å². The maximum absolute atomic E-state index is 12.1. The molecule has 0 saturated carbocycles. The third-order valence-corrected chi connectivity index (χ3v) is 4.43. The lowest BCUT2D eigenvalue weighted by Crippen LogP contribution is -2.14. The number of anilines is 1. The molecule has 1 amide bonds. The Morgan fingerprint density at radius 1 is 1.12 bits per heavy atom. The van der Waals surface area contributed by atoms with Crippen LogP contribution in [0.2, 0.25) is 5.02 Å². The van der Waals surface area contributed by atoms with Crippen molar-refractivity contribution in [3.8, 4) is 5.69 Å². The summed E-state index contributed by atoms with van der Waals surface area (Å²) in [6.07, 6.45) is 0. The first-order chi connectivity index (χ1) is 12.5. The van der Waals surface area contributed by atoms with E-state index in [1.807, 2.05) is 0 Å². The summed E-state index contributed by atoms with van der Waals surface area (Å²) in [6.45, 7) is 0. The van der Waals surface area contributed by atoms with Gasteiger partial charge in [-0.05, 0) is 59.0 Å². The van der Waals surface area contributed by atoms with Crippen LogP contribution in [0.1, 0.15) is 10.4 Å². The van der Waals surface area contributed by atoms with Gasteiger partial charge in [0.15, 0.2) is 0 Å². The molecule has 0 fully saturated rings. The number of nitrogens with one attached hydrogen (secondary N) is 1. The first kappa shape index (κ1) is 17.9. The Bertz CT molecular complexity index is 928. The van der Waals surface area contributed by atoms with Crippen LogP contribution < -0.4 is 5.32 Å². The van der Waals surface area contributed by atoms with Crippen LogP contribution in [0.5, 0.6) is 0 Å². The Morgan fingerprint density at radius 2 is 1.81 bits per heavy atom. The third-order valence-electron chi connectivity index (χ3n) is 3.26. The number of aromatic nitrogens is 4. The number of hydrogen-bond acceptors (Lipinski definition) is 6. The molecular weight excluding hydrogens is 378 g/mol. The summed E-state index contributed by atoms with van der Waals surface area (Å²) < 4.78 is 1.51. The van der Waals surface area contributed by atoms with Gasteiger partial charge >= 0.3 is 5.97 Å². The van der Waals surface area contributed by atoms with E-state index >= 15 is 0 Å². The lowest BCUT2D eigenvalue weighted by Gasteiger charge is -2.06. The second kappa shape index (κ2) is 7.98. The van der Waals surface area contributed by atoms with E-state index in [2.05, 4.69) is 20.8 Å². The van der Waals surface area contributed by atoms with Crippen molar-refractivity contribution in [1.29, 1.82) is 0 Å². The summed E-state index contributed by atoms with van der Waals surface area (Å²) in [5, 5.41) is 24.1. The lowest BCUT2D eigenvalue weighted by molar-refractivity contribution is -0.113. The van der Waals surface area contributed by atoms with E-state index in [1.54, 1.807) is 24.3 Å². The highest BCUT2D eigenvalue weighted by Crippen LogP contribution is 2.20. The van der Waals surface area contributed by atoms with Gasteiger partial charge in [-0.25, -0.2) is 4.79 Å². The minimum atomic E-state index is -1.02. The van der Waals surface area contributed by atoms with Crippen LogP contribution >= 0.6 is 23.4 Å². The molecule has 0 aliphatic carbocycles. The molecule has 1 aromatic heterocycles. The number of tetrazole rings is 1. The average molecular weight is 390 g/mol. The third kappa shape index (κ3) is 4.38. The monoisotopic (exact) mass is 389 g/mol. The van der Waals surface area contributed by atoms with Crippen LogP contribution in [0.3, 0.4) is 0 Å². The molecular formula is C16H12ClN5O3S. The fourth-order valence-corrected chi connectivity index (χ4v) is 2.85. The predicted molar refractivity (Wildman–Crippen MR) is 96.9 cm³/mol. The van der Waals surface area contributed by atoms with Gasteiger partial charge < -0.3 is 10.4 Å². The largest absolute Gasteiger partial charge is 0.478 e. The number of hydrogen-bond donors (Lipinski definition) is 2. The zero-order valence-electron chi connectivity index (χ0n) is 13.2. The zero-order valence-corrected chi connectivity index (χ0v) is 14.7. The van der Waals surface area contributed by atoms with Gasteiger partial charge in [-0.1, -0.05) is 23.4 Å². The number of nitrogens with zero attached hydrogens (tertiary/aromatic N) is 4. The summed E-state index contributed by atoms with van der Waals surface area (Å²) in [6, 6.07) is 12.9. The van der Waals surface area contributed by atoms with Crippen LogP contribution in [0.4, 0.5) is 5.69 Å². The molecule has 0 radical (unpaired) electrons. The predicted octanol–water partition coefficient (Wildman–Crippen LogP) is 2.74. The van der Waals surface area contributed by atoms with Gasteiger partial charge in [0.05, 0.1) is 17.0 Å². The number of carbonyl (C=O) groups is 2. The van der Waals surface area contributed by atoms with E-state index in [0.717, 1.165) is 5.69 Å². The van der Waals surface area contributed by atoms with Crippen molar-refractivity contribution in [2.24, 2.45) is 0 Å². The Kier molecular flexibility index (Phi) is 5.49. The molecule has 8 nitrogen and oxygen atoms in total. The highest BCUT2D eigenvalue weighted by atomic mass is 35.5. The van der Waals surface area contributed by atoms with Gasteiger partial charge in [0.1, 0.15) is 0 Å². The topological polar surface area (TPSA) is 110 Å². The van der Waals surface area contributed by atoms with E-state index in [4.69, 9.17) is 16.7 Å². The summed E-state index contributed by atoms with van der Waals surface area (Å²) >= 11 is 7.04. The standard InChI is InChI=1S/C16H12ClN5O3S/c17-11-3-7-13(8-4-11)22-16(19-20-21-22)26-9-14(23)18-12-5-1-10(2-6-12)15(24)25/h1-8H,9H2,(H,18,23)(H,24,25). The Morgan fingerprint density at radius 3 is 2.46 bits per heavy atom. The van der Waals surface area contributed by atoms with Crippen LogP contribution in [-0.4, -0.2) is 42.9 Å². The highest BCUT2D eigenvalue weighted by Gasteiger charge is 2.12. The normalized spacial score (nSPS) is 10.5. The van der Waals surface area contributed by atoms with Crippen molar-refractivity contribution in [3.05, 3.63) is 59.1 Å². The molecule has 132 valence electrons. The molecule has 0 bridgehead atoms. The van der Waals surface area contributed by atoms with Crippen LogP contribution in [0.15, 0.2) is 53.7 Å². The Balaban J connectivity index is 1.61. The van der Waals surface area contributed by atoms with Crippen molar-refractivity contribution in [3.63, 3.8) is 0 Å². The quantitative estimate of drug-likeness (QED) is 0.623. The summed E-state index contributed by atoms with van der Waals surface area (Å²) in [5.41, 5.74) is 1.39. The van der Waals surface area contributed by atoms with Gasteiger partial charge in [0.25, 0.3) is 0 Å². The van der Waals surface area contributed by atoms with Gasteiger partial charge in [-0.3, -0.25) is 4.79 Å². The molecule has 0 aliphatic rings. The van der Waals surface area contributed by atoms with Crippen molar-refractivity contribution < 1.29 is 14.7 Å². The van der Waals surface area contributed by atoms with E-state index in [0.29, 0.717) is 15.9 Å². The first-order valence-electron chi connectivity index (χ1n) is 7.33. The van der Waals surface area contributed by atoms with E-state index in [-0.39, 0.29) is 17.2 Å². The molecule has 3 aromatic rings. The number of carbonyl (C=O) groups excluding carboxylic acids is 1. The lowest BCUT2D eigenvalue weighted by atomic mass is 10.2. The van der Waals surface area contributed by atoms with Crippen molar-refractivity contribution in [2.75, 3.05) is 11.1 Å². The Hall–Kier alpha value is -2.91. The molecule has 0 aliphatic heterocycles. The maximum atomic E-state index is 12.1. The van der Waals surface area contributed by atoms with Crippen LogP contribution in [0.25, 0.3) is 5.69 Å². The first-order valence-corrected chi connectivity index (χ1v) is 8.69. The zero-order chi connectivity index (χ0) is 18.5. The molecule has 0 unspecified atom stereocenters. The SMILES string of the molecule is O=C(CSc1nnnn1-c1ccc(Cl)cc1)Nc1ccc(C(=O)O)cc1. The minimum Gasteiger partial charge on any atom is -0.478 e. The van der Waals surface area contributed by atoms with E-state index in [1.165, 1.54) is 40.7 Å². The number of carboxylic acid groups (broad SMARTS) is 1. The van der Waals surface area contributed by atoms with Gasteiger partial charge in [0.2, 0.25) is 11.1 Å². The van der Waals surface area contributed by atoms with Crippen molar-refractivity contribution in [1.82, 2.24) is 20.2 Å². The molecule has 2 N–H and O–H groups in total. The number of aromatic carboxylic acids is 1. The molecule has 0 saturated heterocycles. The number of benzene rings is 2. The number of amides is 1. The second-order valence-electron chi connectivity index (χ2n) is 5.07. The molecule has 0 spiro atoms. The number of halogens is 1. The maximum Gasteiger partial charge on any atom is 0.335 e. The van der Waals surface area contributed by atoms with Gasteiger partial charge in [0, 0.05) is 10.7 Å². The van der Waals surface area contributed by atoms with Crippen molar-refractivity contribution >= 4 is 40.9 Å². The number of rotatable bonds is 6. The number of carboxylic acids is 1. The fraction of sp³-hybridized carbons (Fsp3) is 0.0625. The van der Waals surface area contributed by atoms with E-state index in [9.17, 15) is 9.59 Å². The highest BCUT2D eigenvalue weighted by molar-refractivity contribution is 7.99. The van der Waals surface area contributed by atoms with Crippen LogP contribution in [0, 0.1) is 0 Å². The van der Waals surface area contributed by atoms with Gasteiger partial charge in [-0.15, -0.1) is 5.10 Å². The summed E-state index contributed by atoms with van der Waals surface area (Å²) in [5.74, 6) is -1.19. The molecule has 2 aromatic carbocycles. The second-order valence-corrected chi connectivity index (χ2v) is 6.45. The number of thioether (sulfide) groups is 1. The minimum absolute atomic E-state index is 0.0919. The summed E-state index contributed by atoms with van der Waals surface area (Å²) in [4.78, 5) is 22.9.